The first-order valence-corrected chi connectivity index (χ1v) is 4.61. The Kier molecular flexibility index (Phi) is 1.99. The van der Waals surface area contributed by atoms with E-state index in [2.05, 4.69) is 15.3 Å². The Morgan fingerprint density at radius 3 is 2.79 bits per heavy atom. The lowest BCUT2D eigenvalue weighted by atomic mass is 10.5. The Hall–Kier alpha value is -1.43. The van der Waals surface area contributed by atoms with Gasteiger partial charge in [-0.1, -0.05) is 12.2 Å². The number of fused-ring (bicyclic) bond motifs is 1. The Bertz CT molecular complexity index is 538. The van der Waals surface area contributed by atoms with Crippen LogP contribution in [0.15, 0.2) is 6.33 Å². The molecule has 0 spiro atoms. The molecule has 2 rings (SSSR count). The number of nitrogens with zero attached hydrogens (tertiary/aromatic N) is 4. The van der Waals surface area contributed by atoms with Gasteiger partial charge in [-0.05, 0) is 0 Å². The maximum Gasteiger partial charge on any atom is 0.205 e. The molecule has 0 amide bonds. The first-order chi connectivity index (χ1) is 6.65. The summed E-state index contributed by atoms with van der Waals surface area (Å²) in [5.74, 6) is 0.723. The van der Waals surface area contributed by atoms with E-state index in [0.717, 1.165) is 17.1 Å². The van der Waals surface area contributed by atoms with Crippen LogP contribution in [0.1, 0.15) is 0 Å². The third kappa shape index (κ3) is 1.11. The molecule has 0 radical (unpaired) electrons. The molecule has 2 aromatic rings. The maximum atomic E-state index is 5.18. The van der Waals surface area contributed by atoms with Gasteiger partial charge in [0.2, 0.25) is 5.95 Å². The highest BCUT2D eigenvalue weighted by molar-refractivity contribution is 7.71. The molecule has 0 aromatic carbocycles. The second-order valence-electron chi connectivity index (χ2n) is 3.08. The second kappa shape index (κ2) is 3.06. The van der Waals surface area contributed by atoms with Gasteiger partial charge in [0.25, 0.3) is 0 Å². The lowest BCUT2D eigenvalue weighted by molar-refractivity contribution is 0.898. The smallest absolute Gasteiger partial charge is 0.205 e. The van der Waals surface area contributed by atoms with Gasteiger partial charge < -0.3 is 9.88 Å². The summed E-state index contributed by atoms with van der Waals surface area (Å²) in [4.78, 5) is 8.52. The van der Waals surface area contributed by atoms with E-state index < -0.39 is 0 Å². The van der Waals surface area contributed by atoms with Crippen molar-refractivity contribution >= 4 is 29.3 Å². The Labute approximate surface area is 86.4 Å². The summed E-state index contributed by atoms with van der Waals surface area (Å²) in [5, 5.41) is 2.97. The third-order valence-corrected chi connectivity index (χ3v) is 2.47. The molecule has 14 heavy (non-hydrogen) atoms. The number of anilines is 1. The summed E-state index contributed by atoms with van der Waals surface area (Å²) in [6, 6.07) is 0. The fraction of sp³-hybridized carbons (Fsp3) is 0.375. The topological polar surface area (TPSA) is 47.7 Å². The quantitative estimate of drug-likeness (QED) is 0.714. The average molecular weight is 209 g/mol. The van der Waals surface area contributed by atoms with E-state index in [-0.39, 0.29) is 0 Å². The molecule has 0 saturated carbocycles. The van der Waals surface area contributed by atoms with Crippen molar-refractivity contribution in [3.63, 3.8) is 0 Å². The molecule has 2 aromatic heterocycles. The number of rotatable bonds is 1. The molecule has 0 saturated heterocycles. The van der Waals surface area contributed by atoms with Crippen LogP contribution < -0.4 is 5.32 Å². The van der Waals surface area contributed by atoms with Crippen molar-refractivity contribution in [2.45, 2.75) is 0 Å². The fourth-order valence-electron chi connectivity index (χ4n) is 1.46. The zero-order chi connectivity index (χ0) is 10.3. The number of imidazole rings is 1. The highest BCUT2D eigenvalue weighted by atomic mass is 32.1. The van der Waals surface area contributed by atoms with E-state index in [1.54, 1.807) is 6.33 Å². The van der Waals surface area contributed by atoms with Crippen LogP contribution in [0.5, 0.6) is 0 Å². The maximum absolute atomic E-state index is 5.18. The summed E-state index contributed by atoms with van der Waals surface area (Å²) < 4.78 is 4.33. The number of hydrogen-bond acceptors (Lipinski definition) is 4. The molecule has 5 nitrogen and oxygen atoms in total. The molecule has 0 fully saturated rings. The predicted molar refractivity (Wildman–Crippen MR) is 57.9 cm³/mol. The van der Waals surface area contributed by atoms with Gasteiger partial charge in [-0.25, -0.2) is 9.97 Å². The summed E-state index contributed by atoms with van der Waals surface area (Å²) in [6.07, 6.45) is 1.74. The van der Waals surface area contributed by atoms with E-state index in [0.29, 0.717) is 4.64 Å². The highest BCUT2D eigenvalue weighted by Crippen LogP contribution is 2.15. The minimum Gasteiger partial charge on any atom is -0.359 e. The first kappa shape index (κ1) is 9.14. The van der Waals surface area contributed by atoms with Gasteiger partial charge in [0.05, 0.1) is 6.33 Å². The molecular formula is C8H11N5S. The van der Waals surface area contributed by atoms with Crippen molar-refractivity contribution in [1.82, 2.24) is 19.1 Å². The normalized spacial score (nSPS) is 10.8. The number of aryl methyl sites for hydroxylation is 2. The van der Waals surface area contributed by atoms with Gasteiger partial charge in [-0.2, -0.15) is 0 Å². The molecule has 0 aliphatic heterocycles. The zero-order valence-corrected chi connectivity index (χ0v) is 9.09. The molecule has 6 heteroatoms. The van der Waals surface area contributed by atoms with Crippen LogP contribution in [0.2, 0.25) is 0 Å². The Morgan fingerprint density at radius 1 is 1.43 bits per heavy atom. The predicted octanol–water partition coefficient (Wildman–Crippen LogP) is 1.08. The van der Waals surface area contributed by atoms with Crippen LogP contribution in [0.4, 0.5) is 5.95 Å². The Morgan fingerprint density at radius 2 is 2.14 bits per heavy atom. The van der Waals surface area contributed by atoms with E-state index >= 15 is 0 Å². The van der Waals surface area contributed by atoms with Crippen molar-refractivity contribution in [3.8, 4) is 0 Å². The largest absolute Gasteiger partial charge is 0.359 e. The van der Waals surface area contributed by atoms with Crippen molar-refractivity contribution < 1.29 is 0 Å². The van der Waals surface area contributed by atoms with Gasteiger partial charge >= 0.3 is 0 Å². The van der Waals surface area contributed by atoms with Crippen LogP contribution in [-0.2, 0) is 14.1 Å². The fourth-order valence-corrected chi connectivity index (χ4v) is 1.78. The van der Waals surface area contributed by atoms with Crippen LogP contribution >= 0.6 is 12.2 Å². The molecular weight excluding hydrogens is 198 g/mol. The van der Waals surface area contributed by atoms with E-state index in [1.165, 1.54) is 0 Å². The lowest BCUT2D eigenvalue weighted by Gasteiger charge is -2.07. The molecule has 0 bridgehead atoms. The van der Waals surface area contributed by atoms with E-state index in [4.69, 9.17) is 12.2 Å². The van der Waals surface area contributed by atoms with Crippen LogP contribution in [0, 0.1) is 4.64 Å². The van der Waals surface area contributed by atoms with E-state index in [9.17, 15) is 0 Å². The number of aromatic nitrogens is 4. The van der Waals surface area contributed by atoms with Crippen LogP contribution in [0.25, 0.3) is 11.2 Å². The van der Waals surface area contributed by atoms with Gasteiger partial charge in [-0.3, -0.25) is 4.57 Å². The van der Waals surface area contributed by atoms with Crippen molar-refractivity contribution in [3.05, 3.63) is 11.0 Å². The molecule has 2 heterocycles. The lowest BCUT2D eigenvalue weighted by Crippen LogP contribution is -2.06. The van der Waals surface area contributed by atoms with Crippen molar-refractivity contribution in [2.75, 3.05) is 12.4 Å². The van der Waals surface area contributed by atoms with Gasteiger partial charge in [0, 0.05) is 21.1 Å². The van der Waals surface area contributed by atoms with Crippen LogP contribution in [-0.4, -0.2) is 26.1 Å². The molecule has 1 N–H and O–H groups in total. The molecule has 0 aliphatic rings. The van der Waals surface area contributed by atoms with Crippen LogP contribution in [0.3, 0.4) is 0 Å². The second-order valence-corrected chi connectivity index (χ2v) is 3.46. The van der Waals surface area contributed by atoms with Gasteiger partial charge in [-0.15, -0.1) is 0 Å². The minimum atomic E-state index is 0.572. The summed E-state index contributed by atoms with van der Waals surface area (Å²) in [5.41, 5.74) is 1.73. The molecule has 0 aliphatic carbocycles. The van der Waals surface area contributed by atoms with Gasteiger partial charge in [0.15, 0.2) is 10.3 Å². The molecule has 74 valence electrons. The third-order valence-electron chi connectivity index (χ3n) is 2.19. The Balaban J connectivity index is 2.97. The number of hydrogen-bond donors (Lipinski definition) is 1. The monoisotopic (exact) mass is 209 g/mol. The SMILES string of the molecule is CNc1nc(=S)c2c(ncn2C)n1C. The van der Waals surface area contributed by atoms with Gasteiger partial charge in [0.1, 0.15) is 5.52 Å². The van der Waals surface area contributed by atoms with Crippen molar-refractivity contribution in [1.29, 1.82) is 0 Å². The standard InChI is InChI=1S/C8H11N5S/c1-9-8-11-7(14)5-6(13(8)3)10-4-12(5)2/h4H,1-3H3,(H,9,11,14). The highest BCUT2D eigenvalue weighted by Gasteiger charge is 2.08. The minimum absolute atomic E-state index is 0.572. The summed E-state index contributed by atoms with van der Waals surface area (Å²) in [7, 11) is 5.63. The average Bonchev–Trinajstić information content (AvgIpc) is 2.54. The molecule has 0 unspecified atom stereocenters. The zero-order valence-electron chi connectivity index (χ0n) is 8.27. The summed E-state index contributed by atoms with van der Waals surface area (Å²) >= 11 is 5.18. The number of nitrogens with one attached hydrogen (secondary N) is 1. The van der Waals surface area contributed by atoms with Crippen molar-refractivity contribution in [2.24, 2.45) is 14.1 Å². The summed E-state index contributed by atoms with van der Waals surface area (Å²) in [6.45, 7) is 0. The first-order valence-electron chi connectivity index (χ1n) is 4.21. The van der Waals surface area contributed by atoms with E-state index in [1.807, 2.05) is 30.3 Å². The molecule has 0 atom stereocenters.